The lowest BCUT2D eigenvalue weighted by Crippen LogP contribution is -2.32. The second kappa shape index (κ2) is 8.92. The largest absolute Gasteiger partial charge is 0.456 e. The van der Waals surface area contributed by atoms with Crippen molar-refractivity contribution in [2.24, 2.45) is 0 Å². The molecular weight excluding hydrogens is 392 g/mol. The average molecular weight is 421 g/mol. The van der Waals surface area contributed by atoms with Crippen LogP contribution in [0.5, 0.6) is 0 Å². The van der Waals surface area contributed by atoms with Gasteiger partial charge in [-0.1, -0.05) is 17.7 Å². The quantitative estimate of drug-likeness (QED) is 0.523. The predicted octanol–water partition coefficient (Wildman–Crippen LogP) is 2.75. The summed E-state index contributed by atoms with van der Waals surface area (Å²) >= 11 is 0. The summed E-state index contributed by atoms with van der Waals surface area (Å²) in [5.41, 5.74) is 4.44. The number of aromatic nitrogens is 1. The molecule has 2 rings (SSSR count). The van der Waals surface area contributed by atoms with Gasteiger partial charge < -0.3 is 9.30 Å². The summed E-state index contributed by atoms with van der Waals surface area (Å²) in [6, 6.07) is 5.30. The Labute approximate surface area is 172 Å². The van der Waals surface area contributed by atoms with Crippen LogP contribution in [0.1, 0.15) is 45.4 Å². The maximum absolute atomic E-state index is 12.6. The van der Waals surface area contributed by atoms with Gasteiger partial charge in [-0.15, -0.1) is 0 Å². The van der Waals surface area contributed by atoms with Gasteiger partial charge in [0.2, 0.25) is 15.8 Å². The van der Waals surface area contributed by atoms with Crippen molar-refractivity contribution in [1.82, 2.24) is 9.29 Å². The van der Waals surface area contributed by atoms with E-state index in [9.17, 15) is 18.0 Å². The molecular formula is C21H28N2O5S. The van der Waals surface area contributed by atoms with E-state index in [-0.39, 0.29) is 10.7 Å². The number of carbonyl (C=O) groups excluding carboxylic acids is 2. The molecule has 0 aliphatic heterocycles. The monoisotopic (exact) mass is 420 g/mol. The Morgan fingerprint density at radius 3 is 2.14 bits per heavy atom. The molecule has 2 aromatic rings. The zero-order valence-electron chi connectivity index (χ0n) is 17.8. The van der Waals surface area contributed by atoms with E-state index in [0.29, 0.717) is 16.7 Å². The summed E-state index contributed by atoms with van der Waals surface area (Å²) < 4.78 is 34.4. The highest BCUT2D eigenvalue weighted by Crippen LogP contribution is 2.21. The minimum absolute atomic E-state index is 0.152. The van der Waals surface area contributed by atoms with Crippen molar-refractivity contribution >= 4 is 21.8 Å². The third kappa shape index (κ3) is 5.13. The molecule has 1 heterocycles. The Morgan fingerprint density at radius 2 is 1.62 bits per heavy atom. The molecule has 1 aromatic carbocycles. The van der Waals surface area contributed by atoms with Gasteiger partial charge in [0.1, 0.15) is 6.54 Å². The maximum Gasteiger partial charge on any atom is 0.321 e. The molecule has 1 aromatic heterocycles. The van der Waals surface area contributed by atoms with Crippen LogP contribution >= 0.6 is 0 Å². The van der Waals surface area contributed by atoms with Gasteiger partial charge in [0.25, 0.3) is 0 Å². The number of ether oxygens (including phenoxy) is 1. The fraction of sp³-hybridized carbons (Fsp3) is 0.429. The zero-order chi connectivity index (χ0) is 21.9. The SMILES string of the molecule is CCn1c(C)cc(C(=O)COC(=O)CNS(=O)(=O)c2c(C)cc(C)cc2C)c1C. The number of hydrogen-bond acceptors (Lipinski definition) is 5. The molecule has 29 heavy (non-hydrogen) atoms. The Bertz CT molecular complexity index is 1030. The number of nitrogens with one attached hydrogen (secondary N) is 1. The standard InChI is InChI=1S/C21H28N2O5S/c1-7-23-16(5)10-18(17(23)6)19(24)12-28-20(25)11-22-29(26,27)21-14(3)8-13(2)9-15(21)4/h8-10,22H,7,11-12H2,1-6H3. The normalized spacial score (nSPS) is 11.5. The topological polar surface area (TPSA) is 94.5 Å². The van der Waals surface area contributed by atoms with Gasteiger partial charge in [-0.05, 0) is 58.7 Å². The van der Waals surface area contributed by atoms with Gasteiger partial charge in [0.15, 0.2) is 6.61 Å². The van der Waals surface area contributed by atoms with E-state index < -0.39 is 29.1 Å². The smallest absolute Gasteiger partial charge is 0.321 e. The first-order valence-electron chi connectivity index (χ1n) is 9.41. The molecule has 7 nitrogen and oxygen atoms in total. The number of rotatable bonds is 8. The fourth-order valence-corrected chi connectivity index (χ4v) is 5.08. The lowest BCUT2D eigenvalue weighted by atomic mass is 10.1. The molecule has 0 saturated carbocycles. The van der Waals surface area contributed by atoms with Crippen molar-refractivity contribution < 1.29 is 22.7 Å². The first kappa shape index (κ1) is 22.8. The number of ketones is 1. The molecule has 0 unspecified atom stereocenters. The van der Waals surface area contributed by atoms with Crippen LogP contribution in [0.15, 0.2) is 23.1 Å². The van der Waals surface area contributed by atoms with Crippen LogP contribution in [-0.4, -0.2) is 37.9 Å². The molecule has 0 saturated heterocycles. The number of benzene rings is 1. The highest BCUT2D eigenvalue weighted by Gasteiger charge is 2.22. The summed E-state index contributed by atoms with van der Waals surface area (Å²) in [4.78, 5) is 24.5. The number of aryl methyl sites for hydroxylation is 4. The number of sulfonamides is 1. The third-order valence-corrected chi connectivity index (χ3v) is 6.54. The molecule has 8 heteroatoms. The lowest BCUT2D eigenvalue weighted by Gasteiger charge is -2.13. The zero-order valence-corrected chi connectivity index (χ0v) is 18.6. The second-order valence-corrected chi connectivity index (χ2v) is 8.87. The van der Waals surface area contributed by atoms with Crippen molar-refractivity contribution in [3.63, 3.8) is 0 Å². The van der Waals surface area contributed by atoms with E-state index in [0.717, 1.165) is 23.5 Å². The van der Waals surface area contributed by atoms with E-state index in [2.05, 4.69) is 4.72 Å². The van der Waals surface area contributed by atoms with Crippen LogP contribution < -0.4 is 4.72 Å². The van der Waals surface area contributed by atoms with Crippen LogP contribution in [0.25, 0.3) is 0 Å². The van der Waals surface area contributed by atoms with Crippen LogP contribution in [0.3, 0.4) is 0 Å². The van der Waals surface area contributed by atoms with E-state index in [1.807, 2.05) is 32.3 Å². The fourth-order valence-electron chi connectivity index (χ4n) is 3.66. The highest BCUT2D eigenvalue weighted by molar-refractivity contribution is 7.89. The molecule has 0 radical (unpaired) electrons. The number of Topliss-reactive ketones (excluding diaryl/α,β-unsaturated/α-hetero) is 1. The van der Waals surface area contributed by atoms with Crippen molar-refractivity contribution in [2.45, 2.75) is 53.0 Å². The van der Waals surface area contributed by atoms with E-state index in [4.69, 9.17) is 4.74 Å². The summed E-state index contributed by atoms with van der Waals surface area (Å²) in [5.74, 6) is -1.13. The average Bonchev–Trinajstić information content (AvgIpc) is 2.90. The van der Waals surface area contributed by atoms with Gasteiger partial charge in [0.05, 0.1) is 4.90 Å². The molecule has 1 N–H and O–H groups in total. The van der Waals surface area contributed by atoms with Crippen molar-refractivity contribution in [2.75, 3.05) is 13.2 Å². The minimum atomic E-state index is -3.88. The highest BCUT2D eigenvalue weighted by atomic mass is 32.2. The summed E-state index contributed by atoms with van der Waals surface area (Å²) in [5, 5.41) is 0. The first-order chi connectivity index (χ1) is 13.5. The molecule has 0 atom stereocenters. The molecule has 0 fully saturated rings. The van der Waals surface area contributed by atoms with Gasteiger partial charge in [-0.25, -0.2) is 8.42 Å². The molecule has 0 aliphatic rings. The number of hydrogen-bond donors (Lipinski definition) is 1. The van der Waals surface area contributed by atoms with Gasteiger partial charge in [-0.3, -0.25) is 9.59 Å². The molecule has 0 bridgehead atoms. The molecule has 0 amide bonds. The molecule has 0 spiro atoms. The van der Waals surface area contributed by atoms with E-state index in [1.54, 1.807) is 32.0 Å². The van der Waals surface area contributed by atoms with Crippen LogP contribution in [0.2, 0.25) is 0 Å². The molecule has 0 aliphatic carbocycles. The predicted molar refractivity (Wildman–Crippen MR) is 111 cm³/mol. The van der Waals surface area contributed by atoms with Gasteiger partial charge in [-0.2, -0.15) is 4.72 Å². The second-order valence-electron chi connectivity index (χ2n) is 7.17. The van der Waals surface area contributed by atoms with Crippen LogP contribution in [0.4, 0.5) is 0 Å². The molecule has 158 valence electrons. The Balaban J connectivity index is 1.99. The van der Waals surface area contributed by atoms with E-state index >= 15 is 0 Å². The number of esters is 1. The summed E-state index contributed by atoms with van der Waals surface area (Å²) in [7, 11) is -3.88. The Hall–Kier alpha value is -2.45. The van der Waals surface area contributed by atoms with Gasteiger partial charge in [0, 0.05) is 23.5 Å². The number of carbonyl (C=O) groups is 2. The van der Waals surface area contributed by atoms with Crippen LogP contribution in [-0.2, 0) is 26.1 Å². The lowest BCUT2D eigenvalue weighted by molar-refractivity contribution is -0.141. The van der Waals surface area contributed by atoms with E-state index in [1.165, 1.54) is 0 Å². The Kier molecular flexibility index (Phi) is 7.02. The third-order valence-electron chi connectivity index (χ3n) is 4.83. The Morgan fingerprint density at radius 1 is 1.03 bits per heavy atom. The maximum atomic E-state index is 12.6. The van der Waals surface area contributed by atoms with Crippen molar-refractivity contribution in [3.8, 4) is 0 Å². The number of nitrogens with zero attached hydrogens (tertiary/aromatic N) is 1. The van der Waals surface area contributed by atoms with Gasteiger partial charge >= 0.3 is 5.97 Å². The van der Waals surface area contributed by atoms with Crippen molar-refractivity contribution in [3.05, 3.63) is 51.8 Å². The summed E-state index contributed by atoms with van der Waals surface area (Å²) in [6.45, 7) is 10.8. The first-order valence-corrected chi connectivity index (χ1v) is 10.9. The van der Waals surface area contributed by atoms with Crippen LogP contribution in [0, 0.1) is 34.6 Å². The minimum Gasteiger partial charge on any atom is -0.456 e. The van der Waals surface area contributed by atoms with Crippen molar-refractivity contribution in [1.29, 1.82) is 0 Å². The summed E-state index contributed by atoms with van der Waals surface area (Å²) in [6.07, 6.45) is 0.